The normalized spacial score (nSPS) is 13.1. The van der Waals surface area contributed by atoms with E-state index in [-0.39, 0.29) is 0 Å². The second-order valence-electron chi connectivity index (χ2n) is 4.73. The van der Waals surface area contributed by atoms with E-state index in [1.54, 1.807) is 7.05 Å². The predicted molar refractivity (Wildman–Crippen MR) is 86.9 cm³/mol. The number of benzene rings is 1. The smallest absolute Gasteiger partial charge is 0.0380 e. The molecule has 1 nitrogen and oxygen atoms in total. The summed E-state index contributed by atoms with van der Waals surface area (Å²) in [5.74, 6) is 0. The van der Waals surface area contributed by atoms with Crippen LogP contribution in [0.25, 0.3) is 5.57 Å². The maximum atomic E-state index is 4.14. The molecule has 1 aromatic carbocycles. The number of allylic oxidation sites excluding steroid dienone is 5. The van der Waals surface area contributed by atoms with Crippen LogP contribution >= 0.6 is 0 Å². The summed E-state index contributed by atoms with van der Waals surface area (Å²) in [6.45, 7) is 12.3. The van der Waals surface area contributed by atoms with Gasteiger partial charge in [-0.3, -0.25) is 4.99 Å². The van der Waals surface area contributed by atoms with Gasteiger partial charge in [0, 0.05) is 12.8 Å². The third-order valence-corrected chi connectivity index (χ3v) is 3.27. The summed E-state index contributed by atoms with van der Waals surface area (Å²) in [5, 5.41) is 0. The number of aryl methyl sites for hydroxylation is 2. The average molecular weight is 253 g/mol. The summed E-state index contributed by atoms with van der Waals surface area (Å²) in [6, 6.07) is 6.53. The van der Waals surface area contributed by atoms with Gasteiger partial charge in [-0.2, -0.15) is 0 Å². The van der Waals surface area contributed by atoms with Crippen molar-refractivity contribution < 1.29 is 0 Å². The standard InChI is InChI=1S/C18H23N/c1-7-17(10-9-14(3)16(5)19-6)18-11-8-13(2)12-15(18)4/h7-12H,3H2,1-2,4-6H3/b10-9-,17-7+,19-16+. The van der Waals surface area contributed by atoms with E-state index in [2.05, 4.69) is 62.7 Å². The van der Waals surface area contributed by atoms with E-state index >= 15 is 0 Å². The fourth-order valence-electron chi connectivity index (χ4n) is 1.93. The number of rotatable bonds is 4. The first kappa shape index (κ1) is 15.2. The molecular weight excluding hydrogens is 230 g/mol. The van der Waals surface area contributed by atoms with E-state index < -0.39 is 0 Å². The molecule has 0 bridgehead atoms. The summed E-state index contributed by atoms with van der Waals surface area (Å²) < 4.78 is 0. The first-order valence-corrected chi connectivity index (χ1v) is 6.54. The third-order valence-electron chi connectivity index (χ3n) is 3.27. The van der Waals surface area contributed by atoms with Crippen LogP contribution in [-0.4, -0.2) is 12.8 Å². The van der Waals surface area contributed by atoms with Gasteiger partial charge < -0.3 is 0 Å². The van der Waals surface area contributed by atoms with Gasteiger partial charge in [0.25, 0.3) is 0 Å². The van der Waals surface area contributed by atoms with E-state index in [1.807, 2.05) is 13.0 Å². The van der Waals surface area contributed by atoms with Gasteiger partial charge in [-0.1, -0.05) is 48.6 Å². The van der Waals surface area contributed by atoms with Crippen molar-refractivity contribution in [3.05, 3.63) is 65.3 Å². The molecule has 100 valence electrons. The van der Waals surface area contributed by atoms with Gasteiger partial charge in [-0.15, -0.1) is 0 Å². The van der Waals surface area contributed by atoms with Crippen LogP contribution in [0.4, 0.5) is 0 Å². The SMILES string of the molecule is C=C(/C=C\C(=C/C)c1ccc(C)cc1C)/C(C)=N/C. The summed E-state index contributed by atoms with van der Waals surface area (Å²) in [5.41, 5.74) is 6.98. The van der Waals surface area contributed by atoms with Crippen LogP contribution in [0, 0.1) is 13.8 Å². The zero-order valence-corrected chi connectivity index (χ0v) is 12.6. The van der Waals surface area contributed by atoms with Crippen molar-refractivity contribution in [2.24, 2.45) is 4.99 Å². The van der Waals surface area contributed by atoms with Gasteiger partial charge in [0.05, 0.1) is 0 Å². The van der Waals surface area contributed by atoms with Crippen molar-refractivity contribution in [2.75, 3.05) is 7.05 Å². The molecule has 0 radical (unpaired) electrons. The van der Waals surface area contributed by atoms with Crippen LogP contribution in [0.3, 0.4) is 0 Å². The number of nitrogens with zero attached hydrogens (tertiary/aromatic N) is 1. The Balaban J connectivity index is 3.04. The average Bonchev–Trinajstić information content (AvgIpc) is 2.39. The Bertz CT molecular complexity index is 557. The summed E-state index contributed by atoms with van der Waals surface area (Å²) >= 11 is 0. The second kappa shape index (κ2) is 6.89. The molecule has 0 fully saturated rings. The lowest BCUT2D eigenvalue weighted by atomic mass is 9.97. The molecule has 1 aromatic rings. The molecule has 0 aliphatic heterocycles. The van der Waals surface area contributed by atoms with Crippen LogP contribution in [0.1, 0.15) is 30.5 Å². The minimum atomic E-state index is 0.951. The first-order valence-electron chi connectivity index (χ1n) is 6.54. The van der Waals surface area contributed by atoms with E-state index in [4.69, 9.17) is 0 Å². The Kier molecular flexibility index (Phi) is 5.50. The fraction of sp³-hybridized carbons (Fsp3) is 0.278. The monoisotopic (exact) mass is 253 g/mol. The van der Waals surface area contributed by atoms with E-state index in [0.717, 1.165) is 11.3 Å². The summed E-state index contributed by atoms with van der Waals surface area (Å²) in [4.78, 5) is 4.14. The Morgan fingerprint density at radius 2 is 1.89 bits per heavy atom. The molecule has 0 saturated heterocycles. The summed E-state index contributed by atoms with van der Waals surface area (Å²) in [6.07, 6.45) is 6.26. The molecule has 19 heavy (non-hydrogen) atoms. The Morgan fingerprint density at radius 3 is 2.42 bits per heavy atom. The van der Waals surface area contributed by atoms with E-state index in [9.17, 15) is 0 Å². The van der Waals surface area contributed by atoms with Crippen molar-refractivity contribution >= 4 is 11.3 Å². The van der Waals surface area contributed by atoms with Gasteiger partial charge >= 0.3 is 0 Å². The lowest BCUT2D eigenvalue weighted by Gasteiger charge is -2.08. The van der Waals surface area contributed by atoms with Crippen LogP contribution < -0.4 is 0 Å². The Hall–Kier alpha value is -1.89. The molecule has 0 atom stereocenters. The second-order valence-corrected chi connectivity index (χ2v) is 4.73. The van der Waals surface area contributed by atoms with Gasteiger partial charge in [0.1, 0.15) is 0 Å². The highest BCUT2D eigenvalue weighted by atomic mass is 14.7. The van der Waals surface area contributed by atoms with Crippen molar-refractivity contribution in [2.45, 2.75) is 27.7 Å². The molecule has 1 rings (SSSR count). The molecular formula is C18H23N. The Morgan fingerprint density at radius 1 is 1.21 bits per heavy atom. The molecule has 0 aliphatic carbocycles. The molecule has 0 aliphatic rings. The molecule has 0 saturated carbocycles. The van der Waals surface area contributed by atoms with Crippen molar-refractivity contribution in [1.29, 1.82) is 0 Å². The zero-order chi connectivity index (χ0) is 14.4. The highest BCUT2D eigenvalue weighted by molar-refractivity contribution is 6.00. The molecule has 0 heterocycles. The lowest BCUT2D eigenvalue weighted by molar-refractivity contribution is 1.36. The Labute approximate surface area is 117 Å². The predicted octanol–water partition coefficient (Wildman–Crippen LogP) is 4.91. The zero-order valence-electron chi connectivity index (χ0n) is 12.6. The van der Waals surface area contributed by atoms with Crippen LogP contribution in [0.2, 0.25) is 0 Å². The molecule has 0 unspecified atom stereocenters. The van der Waals surface area contributed by atoms with E-state index in [0.29, 0.717) is 0 Å². The molecule has 0 N–H and O–H groups in total. The first-order chi connectivity index (χ1) is 8.99. The van der Waals surface area contributed by atoms with Gasteiger partial charge in [-0.05, 0) is 50.0 Å². The van der Waals surface area contributed by atoms with Crippen molar-refractivity contribution in [3.63, 3.8) is 0 Å². The fourth-order valence-corrected chi connectivity index (χ4v) is 1.93. The molecule has 1 heteroatoms. The largest absolute Gasteiger partial charge is 0.293 e. The highest BCUT2D eigenvalue weighted by Crippen LogP contribution is 2.21. The maximum Gasteiger partial charge on any atom is 0.0380 e. The lowest BCUT2D eigenvalue weighted by Crippen LogP contribution is -1.93. The van der Waals surface area contributed by atoms with Gasteiger partial charge in [-0.25, -0.2) is 0 Å². The van der Waals surface area contributed by atoms with Crippen LogP contribution in [0.5, 0.6) is 0 Å². The minimum Gasteiger partial charge on any atom is -0.293 e. The van der Waals surface area contributed by atoms with E-state index in [1.165, 1.54) is 22.3 Å². The number of aliphatic imine (C=N–C) groups is 1. The van der Waals surface area contributed by atoms with Crippen LogP contribution in [0.15, 0.2) is 53.6 Å². The molecule has 0 spiro atoms. The summed E-state index contributed by atoms with van der Waals surface area (Å²) in [7, 11) is 1.79. The van der Waals surface area contributed by atoms with Gasteiger partial charge in [0.2, 0.25) is 0 Å². The maximum absolute atomic E-state index is 4.14. The topological polar surface area (TPSA) is 12.4 Å². The quantitative estimate of drug-likeness (QED) is 0.534. The number of hydrogen-bond acceptors (Lipinski definition) is 1. The highest BCUT2D eigenvalue weighted by Gasteiger charge is 2.02. The minimum absolute atomic E-state index is 0.951. The number of hydrogen-bond donors (Lipinski definition) is 0. The van der Waals surface area contributed by atoms with Crippen molar-refractivity contribution in [1.82, 2.24) is 0 Å². The molecule has 0 aromatic heterocycles. The molecule has 0 amide bonds. The third kappa shape index (κ3) is 4.06. The van der Waals surface area contributed by atoms with Crippen LogP contribution in [-0.2, 0) is 0 Å². The van der Waals surface area contributed by atoms with Crippen molar-refractivity contribution in [3.8, 4) is 0 Å². The van der Waals surface area contributed by atoms with Gasteiger partial charge in [0.15, 0.2) is 0 Å².